The van der Waals surface area contributed by atoms with E-state index in [0.29, 0.717) is 31.9 Å². The number of amides is 3. The summed E-state index contributed by atoms with van der Waals surface area (Å²) in [7, 11) is 1.64. The van der Waals surface area contributed by atoms with Crippen LogP contribution in [0, 0.1) is 0 Å². The zero-order valence-corrected chi connectivity index (χ0v) is 19.7. The largest absolute Gasteiger partial charge is 0.495 e. The van der Waals surface area contributed by atoms with Crippen molar-refractivity contribution < 1.29 is 29.3 Å². The number of aliphatic hydroxyl groups is 2. The SMILES string of the molecule is COc1ccccc1N1CCN(C(=O)C[C@H]2O[C@H](CNC(=O)Nc3ccccc3)[C@@H](O)[C@H]2O)CC1. The Morgan fingerprint density at radius 2 is 1.63 bits per heavy atom. The number of nitrogens with one attached hydrogen (secondary N) is 2. The van der Waals surface area contributed by atoms with Crippen molar-refractivity contribution in [2.75, 3.05) is 50.1 Å². The summed E-state index contributed by atoms with van der Waals surface area (Å²) in [6, 6.07) is 16.3. The highest BCUT2D eigenvalue weighted by Gasteiger charge is 2.44. The first-order chi connectivity index (χ1) is 17.0. The highest BCUT2D eigenvalue weighted by atomic mass is 16.5. The number of carbonyl (C=O) groups excluding carboxylic acids is 2. The average molecular weight is 485 g/mol. The second-order valence-corrected chi connectivity index (χ2v) is 8.64. The van der Waals surface area contributed by atoms with Gasteiger partial charge in [-0.25, -0.2) is 4.79 Å². The molecule has 2 heterocycles. The van der Waals surface area contributed by atoms with Gasteiger partial charge in [-0.15, -0.1) is 0 Å². The molecule has 188 valence electrons. The summed E-state index contributed by atoms with van der Waals surface area (Å²) in [6.07, 6.45) is -4.11. The first-order valence-corrected chi connectivity index (χ1v) is 11.7. The fourth-order valence-corrected chi connectivity index (χ4v) is 4.44. The minimum atomic E-state index is -1.21. The first kappa shape index (κ1) is 24.8. The van der Waals surface area contributed by atoms with Gasteiger partial charge in [0.2, 0.25) is 5.91 Å². The Labute approximate surface area is 204 Å². The number of ether oxygens (including phenoxy) is 2. The number of carbonyl (C=O) groups is 2. The molecule has 10 heteroatoms. The fourth-order valence-electron chi connectivity index (χ4n) is 4.44. The van der Waals surface area contributed by atoms with Crippen molar-refractivity contribution in [2.45, 2.75) is 30.8 Å². The molecule has 0 bridgehead atoms. The third kappa shape index (κ3) is 6.02. The minimum Gasteiger partial charge on any atom is -0.495 e. The number of benzene rings is 2. The van der Waals surface area contributed by atoms with Crippen LogP contribution in [0.15, 0.2) is 54.6 Å². The lowest BCUT2D eigenvalue weighted by Gasteiger charge is -2.37. The van der Waals surface area contributed by atoms with E-state index in [1.54, 1.807) is 36.3 Å². The molecule has 2 aromatic rings. The van der Waals surface area contributed by atoms with E-state index in [4.69, 9.17) is 9.47 Å². The number of nitrogens with zero attached hydrogens (tertiary/aromatic N) is 2. The Balaban J connectivity index is 1.24. The van der Waals surface area contributed by atoms with Gasteiger partial charge < -0.3 is 40.1 Å². The van der Waals surface area contributed by atoms with Crippen LogP contribution in [0.5, 0.6) is 5.75 Å². The molecule has 0 saturated carbocycles. The van der Waals surface area contributed by atoms with Crippen molar-refractivity contribution in [3.63, 3.8) is 0 Å². The fraction of sp³-hybridized carbons (Fsp3) is 0.440. The number of piperazine rings is 1. The molecule has 4 rings (SSSR count). The molecule has 2 aliphatic heterocycles. The maximum atomic E-state index is 12.9. The zero-order chi connectivity index (χ0) is 24.8. The molecule has 0 aliphatic carbocycles. The van der Waals surface area contributed by atoms with Gasteiger partial charge in [-0.05, 0) is 24.3 Å². The van der Waals surface area contributed by atoms with Crippen LogP contribution in [-0.2, 0) is 9.53 Å². The van der Waals surface area contributed by atoms with Gasteiger partial charge in [-0.1, -0.05) is 30.3 Å². The standard InChI is InChI=1S/C25H32N4O6/c1-34-19-10-6-5-9-18(19)28-11-13-29(14-12-28)22(30)15-20-23(31)24(32)21(35-20)16-26-25(33)27-17-7-3-2-4-8-17/h2-10,20-21,23-24,31-32H,11-16H2,1H3,(H2,26,27,33)/t20-,21-,23+,24-/m1/s1. The summed E-state index contributed by atoms with van der Waals surface area (Å²) < 4.78 is 11.2. The summed E-state index contributed by atoms with van der Waals surface area (Å²) >= 11 is 0. The van der Waals surface area contributed by atoms with Crippen molar-refractivity contribution in [3.05, 3.63) is 54.6 Å². The molecule has 35 heavy (non-hydrogen) atoms. The van der Waals surface area contributed by atoms with Crippen molar-refractivity contribution in [2.24, 2.45) is 0 Å². The van der Waals surface area contributed by atoms with Gasteiger partial charge in [-0.2, -0.15) is 0 Å². The second-order valence-electron chi connectivity index (χ2n) is 8.64. The number of hydrogen-bond donors (Lipinski definition) is 4. The van der Waals surface area contributed by atoms with Crippen LogP contribution in [0.1, 0.15) is 6.42 Å². The van der Waals surface area contributed by atoms with Gasteiger partial charge in [0.25, 0.3) is 0 Å². The summed E-state index contributed by atoms with van der Waals surface area (Å²) in [5, 5.41) is 26.1. The number of aliphatic hydroxyl groups excluding tert-OH is 2. The normalized spacial score (nSPS) is 24.2. The van der Waals surface area contributed by atoms with E-state index in [-0.39, 0.29) is 18.9 Å². The molecule has 2 aliphatic rings. The molecule has 2 aromatic carbocycles. The van der Waals surface area contributed by atoms with Gasteiger partial charge in [0.1, 0.15) is 24.1 Å². The smallest absolute Gasteiger partial charge is 0.319 e. The third-order valence-electron chi connectivity index (χ3n) is 6.39. The van der Waals surface area contributed by atoms with Crippen LogP contribution in [-0.4, -0.2) is 91.3 Å². The summed E-state index contributed by atoms with van der Waals surface area (Å²) in [4.78, 5) is 28.9. The molecule has 2 saturated heterocycles. The molecule has 4 atom stereocenters. The number of urea groups is 1. The Bertz CT molecular complexity index is 998. The van der Waals surface area contributed by atoms with Crippen LogP contribution >= 0.6 is 0 Å². The highest BCUT2D eigenvalue weighted by molar-refractivity contribution is 5.89. The molecule has 4 N–H and O–H groups in total. The van der Waals surface area contributed by atoms with Gasteiger partial charge in [0.15, 0.2) is 0 Å². The molecular formula is C25H32N4O6. The lowest BCUT2D eigenvalue weighted by atomic mass is 10.0. The molecule has 0 aromatic heterocycles. The van der Waals surface area contributed by atoms with E-state index in [0.717, 1.165) is 11.4 Å². The molecule has 0 unspecified atom stereocenters. The predicted molar refractivity (Wildman–Crippen MR) is 131 cm³/mol. The van der Waals surface area contributed by atoms with Crippen molar-refractivity contribution in [1.29, 1.82) is 0 Å². The summed E-state index contributed by atoms with van der Waals surface area (Å²) in [5.74, 6) is 0.650. The molecular weight excluding hydrogens is 452 g/mol. The maximum Gasteiger partial charge on any atom is 0.319 e. The molecule has 2 fully saturated rings. The zero-order valence-electron chi connectivity index (χ0n) is 19.7. The molecule has 10 nitrogen and oxygen atoms in total. The van der Waals surface area contributed by atoms with Crippen LogP contribution in [0.4, 0.5) is 16.2 Å². The van der Waals surface area contributed by atoms with E-state index in [1.165, 1.54) is 0 Å². The topological polar surface area (TPSA) is 124 Å². The van der Waals surface area contributed by atoms with Crippen LogP contribution in [0.25, 0.3) is 0 Å². The van der Waals surface area contributed by atoms with Gasteiger partial charge in [0.05, 0.1) is 25.3 Å². The first-order valence-electron chi connectivity index (χ1n) is 11.7. The van der Waals surface area contributed by atoms with E-state index in [2.05, 4.69) is 15.5 Å². The monoisotopic (exact) mass is 484 g/mol. The third-order valence-corrected chi connectivity index (χ3v) is 6.39. The Hall–Kier alpha value is -3.34. The maximum absolute atomic E-state index is 12.9. The van der Waals surface area contributed by atoms with E-state index in [9.17, 15) is 19.8 Å². The Morgan fingerprint density at radius 1 is 0.971 bits per heavy atom. The van der Waals surface area contributed by atoms with E-state index < -0.39 is 30.4 Å². The van der Waals surface area contributed by atoms with Crippen LogP contribution in [0.2, 0.25) is 0 Å². The van der Waals surface area contributed by atoms with E-state index >= 15 is 0 Å². The minimum absolute atomic E-state index is 0.000826. The number of methoxy groups -OCH3 is 1. The summed E-state index contributed by atoms with van der Waals surface area (Å²) in [5.41, 5.74) is 1.62. The predicted octanol–water partition coefficient (Wildman–Crippen LogP) is 1.04. The van der Waals surface area contributed by atoms with Crippen LogP contribution in [0.3, 0.4) is 0 Å². The van der Waals surface area contributed by atoms with Gasteiger partial charge >= 0.3 is 6.03 Å². The van der Waals surface area contributed by atoms with Crippen molar-refractivity contribution in [3.8, 4) is 5.75 Å². The number of rotatable bonds is 7. The van der Waals surface area contributed by atoms with Crippen molar-refractivity contribution in [1.82, 2.24) is 10.2 Å². The quantitative estimate of drug-likeness (QED) is 0.463. The van der Waals surface area contributed by atoms with Gasteiger partial charge in [0, 0.05) is 38.4 Å². The van der Waals surface area contributed by atoms with Gasteiger partial charge in [-0.3, -0.25) is 4.79 Å². The number of anilines is 2. The Kier molecular flexibility index (Phi) is 8.06. The summed E-state index contributed by atoms with van der Waals surface area (Å²) in [6.45, 7) is 2.39. The highest BCUT2D eigenvalue weighted by Crippen LogP contribution is 2.29. The van der Waals surface area contributed by atoms with Crippen molar-refractivity contribution >= 4 is 23.3 Å². The lowest BCUT2D eigenvalue weighted by molar-refractivity contribution is -0.135. The Morgan fingerprint density at radius 3 is 2.34 bits per heavy atom. The lowest BCUT2D eigenvalue weighted by Crippen LogP contribution is -2.50. The second kappa shape index (κ2) is 11.4. The van der Waals surface area contributed by atoms with Crippen LogP contribution < -0.4 is 20.3 Å². The number of hydrogen-bond acceptors (Lipinski definition) is 7. The van der Waals surface area contributed by atoms with E-state index in [1.807, 2.05) is 30.3 Å². The number of para-hydroxylation sites is 3. The molecule has 3 amide bonds. The molecule has 0 radical (unpaired) electrons. The molecule has 0 spiro atoms. The average Bonchev–Trinajstić information content (AvgIpc) is 3.15.